The van der Waals surface area contributed by atoms with Crippen LogP contribution in [0.3, 0.4) is 0 Å². The van der Waals surface area contributed by atoms with Crippen LogP contribution in [-0.2, 0) is 4.79 Å². The molecule has 0 saturated heterocycles. The molecule has 0 bridgehead atoms. The molecule has 1 heterocycles. The number of rotatable bonds is 17. The minimum atomic E-state index is -1.03. The van der Waals surface area contributed by atoms with Crippen LogP contribution in [-0.4, -0.2) is 28.6 Å². The van der Waals surface area contributed by atoms with Gasteiger partial charge in [-0.3, -0.25) is 4.79 Å². The number of aliphatic carboxylic acids is 1. The number of Topliss-reactive ketones (excluding diaryl/α,β-unsaturated/α-hetero) is 1. The number of carbonyl (C=O) groups excluding carboxylic acids is 1. The van der Waals surface area contributed by atoms with Crippen LogP contribution in [0.15, 0.2) is 47.2 Å². The van der Waals surface area contributed by atoms with Crippen molar-refractivity contribution in [3.8, 4) is 28.1 Å². The molecule has 2 aliphatic rings. The second kappa shape index (κ2) is 14.3. The predicted molar refractivity (Wildman–Crippen MR) is 137 cm³/mol. The maximum Gasteiger partial charge on any atom is 0.341 e. The number of carboxylic acid groups (broad SMARTS) is 1. The summed E-state index contributed by atoms with van der Waals surface area (Å²) in [6.07, 6.45) is 15.9. The third-order valence-corrected chi connectivity index (χ3v) is 6.36. The quantitative estimate of drug-likeness (QED) is 0.157. The maximum absolute atomic E-state index is 12.9. The van der Waals surface area contributed by atoms with Gasteiger partial charge >= 0.3 is 5.97 Å². The van der Waals surface area contributed by atoms with Gasteiger partial charge < -0.3 is 14.4 Å². The summed E-state index contributed by atoms with van der Waals surface area (Å²) < 4.78 is 10.5. The number of benzene rings is 1. The number of carboxylic acids is 1. The van der Waals surface area contributed by atoms with E-state index in [-0.39, 0.29) is 5.78 Å². The molecule has 0 unspecified atom stereocenters. The van der Waals surface area contributed by atoms with Crippen LogP contribution in [0.2, 0.25) is 0 Å². The fraction of sp³-hybridized carbons (Fsp3) is 0.483. The highest BCUT2D eigenvalue weighted by atomic mass is 16.5. The van der Waals surface area contributed by atoms with Crippen LogP contribution in [0, 0.1) is 0 Å². The molecule has 0 fully saturated rings. The molecule has 0 atom stereocenters. The molecule has 188 valence electrons. The zero-order valence-electron chi connectivity index (χ0n) is 20.8. The smallest absolute Gasteiger partial charge is 0.341 e. The summed E-state index contributed by atoms with van der Waals surface area (Å²) in [6, 6.07) is 10.8. The Morgan fingerprint density at radius 3 is 2.09 bits per heavy atom. The fourth-order valence-corrected chi connectivity index (χ4v) is 4.40. The van der Waals surface area contributed by atoms with E-state index < -0.39 is 12.6 Å². The minimum absolute atomic E-state index is 0.140. The van der Waals surface area contributed by atoms with Gasteiger partial charge in [0.1, 0.15) is 17.7 Å². The Bertz CT molecular complexity index is 1020. The van der Waals surface area contributed by atoms with Gasteiger partial charge in [0.2, 0.25) is 0 Å². The van der Waals surface area contributed by atoms with Crippen molar-refractivity contribution in [1.29, 1.82) is 0 Å². The van der Waals surface area contributed by atoms with Crippen LogP contribution < -0.4 is 4.74 Å². The standard InChI is InChI=1S/C29H37NO5/c1-2-3-4-5-6-7-8-9-10-11-12-13-27(31)24-18-19-25-26(24)20-35-30-29(25)22-14-16-23(17-15-22)34-21-28(32)33/h14-20H,2-13,21H2,1H3,(H,32,33). The first kappa shape index (κ1) is 26.5. The summed E-state index contributed by atoms with van der Waals surface area (Å²) in [5.41, 5.74) is 3.76. The maximum atomic E-state index is 12.9. The van der Waals surface area contributed by atoms with E-state index in [1.54, 1.807) is 24.3 Å². The molecule has 1 aromatic rings. The van der Waals surface area contributed by atoms with Crippen molar-refractivity contribution < 1.29 is 24.0 Å². The summed E-state index contributed by atoms with van der Waals surface area (Å²) in [5, 5.41) is 12.9. The predicted octanol–water partition coefficient (Wildman–Crippen LogP) is 7.79. The third kappa shape index (κ3) is 8.23. The van der Waals surface area contributed by atoms with Crippen LogP contribution in [0.4, 0.5) is 0 Å². The number of hydrogen-bond donors (Lipinski definition) is 1. The van der Waals surface area contributed by atoms with Crippen molar-refractivity contribution in [3.63, 3.8) is 0 Å². The highest BCUT2D eigenvalue weighted by Gasteiger charge is 2.21. The second-order valence-corrected chi connectivity index (χ2v) is 9.15. The number of nitrogens with zero attached hydrogens (tertiary/aromatic N) is 1. The van der Waals surface area contributed by atoms with Crippen molar-refractivity contribution in [1.82, 2.24) is 5.16 Å². The van der Waals surface area contributed by atoms with Gasteiger partial charge in [0.25, 0.3) is 0 Å². The first-order valence-corrected chi connectivity index (χ1v) is 13.0. The number of ketones is 1. The summed E-state index contributed by atoms with van der Waals surface area (Å²) in [4.78, 5) is 23.5. The molecule has 6 heteroatoms. The summed E-state index contributed by atoms with van der Waals surface area (Å²) in [6.45, 7) is 1.86. The van der Waals surface area contributed by atoms with E-state index in [4.69, 9.17) is 14.4 Å². The molecule has 1 aromatic carbocycles. The minimum Gasteiger partial charge on any atom is -0.482 e. The van der Waals surface area contributed by atoms with Crippen molar-refractivity contribution >= 4 is 11.8 Å². The molecular weight excluding hydrogens is 442 g/mol. The van der Waals surface area contributed by atoms with Crippen molar-refractivity contribution in [2.24, 2.45) is 0 Å². The Labute approximate surface area is 208 Å². The highest BCUT2D eigenvalue weighted by Crippen LogP contribution is 2.36. The van der Waals surface area contributed by atoms with E-state index in [0.717, 1.165) is 29.5 Å². The van der Waals surface area contributed by atoms with Gasteiger partial charge in [0.15, 0.2) is 12.4 Å². The Morgan fingerprint density at radius 1 is 0.829 bits per heavy atom. The van der Waals surface area contributed by atoms with E-state index in [2.05, 4.69) is 12.1 Å². The molecule has 0 spiro atoms. The lowest BCUT2D eigenvalue weighted by atomic mass is 9.99. The number of unbranched alkanes of at least 4 members (excludes halogenated alkanes) is 10. The zero-order valence-corrected chi connectivity index (χ0v) is 20.8. The number of fused-ring (bicyclic) bond motifs is 1. The van der Waals surface area contributed by atoms with Crippen molar-refractivity contribution in [3.05, 3.63) is 48.2 Å². The molecular formula is C29H37NO5. The van der Waals surface area contributed by atoms with Gasteiger partial charge in [-0.2, -0.15) is 0 Å². The Hall–Kier alpha value is -3.15. The monoisotopic (exact) mass is 479 g/mol. The lowest BCUT2D eigenvalue weighted by molar-refractivity contribution is -0.139. The molecule has 0 aromatic heterocycles. The molecule has 0 amide bonds. The molecule has 0 radical (unpaired) electrons. The number of ether oxygens (including phenoxy) is 1. The molecule has 3 rings (SSSR count). The van der Waals surface area contributed by atoms with E-state index in [0.29, 0.717) is 23.4 Å². The fourth-order valence-electron chi connectivity index (χ4n) is 4.40. The zero-order chi connectivity index (χ0) is 24.9. The molecule has 1 aliphatic heterocycles. The van der Waals surface area contributed by atoms with Crippen LogP contribution >= 0.6 is 0 Å². The van der Waals surface area contributed by atoms with Crippen LogP contribution in [0.25, 0.3) is 22.4 Å². The van der Waals surface area contributed by atoms with Gasteiger partial charge in [-0.25, -0.2) is 4.79 Å². The van der Waals surface area contributed by atoms with Crippen LogP contribution in [0.5, 0.6) is 5.75 Å². The highest BCUT2D eigenvalue weighted by molar-refractivity contribution is 6.05. The first-order valence-electron chi connectivity index (χ1n) is 13.0. The van der Waals surface area contributed by atoms with E-state index in [9.17, 15) is 9.59 Å². The first-order chi connectivity index (χ1) is 17.1. The number of hydrogen-bond acceptors (Lipinski definition) is 5. The topological polar surface area (TPSA) is 89.6 Å². The lowest BCUT2D eigenvalue weighted by Crippen LogP contribution is -2.09. The van der Waals surface area contributed by atoms with Gasteiger partial charge in [0, 0.05) is 28.7 Å². The summed E-state index contributed by atoms with van der Waals surface area (Å²) in [5.74, 6) is -0.423. The van der Waals surface area contributed by atoms with Gasteiger partial charge in [-0.05, 0) is 36.8 Å². The molecule has 1 N–H and O–H groups in total. The van der Waals surface area contributed by atoms with Crippen LogP contribution in [0.1, 0.15) is 94.3 Å². The average molecular weight is 480 g/mol. The lowest BCUT2D eigenvalue weighted by Gasteiger charge is -2.09. The Morgan fingerprint density at radius 2 is 1.46 bits per heavy atom. The summed E-state index contributed by atoms with van der Waals surface area (Å²) >= 11 is 0. The third-order valence-electron chi connectivity index (χ3n) is 6.36. The van der Waals surface area contributed by atoms with Crippen molar-refractivity contribution in [2.75, 3.05) is 6.61 Å². The normalized spacial score (nSPS) is 11.1. The van der Waals surface area contributed by atoms with E-state index in [1.165, 1.54) is 64.1 Å². The molecule has 0 saturated carbocycles. The van der Waals surface area contributed by atoms with E-state index in [1.807, 2.05) is 12.1 Å². The second-order valence-electron chi connectivity index (χ2n) is 9.15. The average Bonchev–Trinajstić information content (AvgIpc) is 3.31. The summed E-state index contributed by atoms with van der Waals surface area (Å²) in [7, 11) is 0. The molecule has 6 nitrogen and oxygen atoms in total. The number of aromatic nitrogens is 1. The number of carbonyl (C=O) groups is 2. The SMILES string of the molecule is CCCCCCCCCCCCCC(=O)c1ccc2c(-c3ccc(OCC(=O)O)cc3)nocc1-2. The van der Waals surface area contributed by atoms with Gasteiger partial charge in [0.05, 0.1) is 0 Å². The Balaban J connectivity index is 1.45. The molecule has 35 heavy (non-hydrogen) atoms. The van der Waals surface area contributed by atoms with E-state index >= 15 is 0 Å². The Kier molecular flexibility index (Phi) is 10.8. The molecule has 1 aliphatic carbocycles. The van der Waals surface area contributed by atoms with Gasteiger partial charge in [-0.1, -0.05) is 82.4 Å². The van der Waals surface area contributed by atoms with Crippen molar-refractivity contribution in [2.45, 2.75) is 84.0 Å². The van der Waals surface area contributed by atoms with Gasteiger partial charge in [-0.15, -0.1) is 0 Å². The largest absolute Gasteiger partial charge is 0.482 e.